The van der Waals surface area contributed by atoms with Crippen molar-refractivity contribution >= 4 is 28.9 Å². The van der Waals surface area contributed by atoms with E-state index >= 15 is 0 Å². The molecule has 1 unspecified atom stereocenters. The van der Waals surface area contributed by atoms with Gasteiger partial charge in [-0.15, -0.1) is 10.2 Å². The van der Waals surface area contributed by atoms with E-state index in [1.165, 1.54) is 26.4 Å². The molecule has 0 saturated heterocycles. The lowest BCUT2D eigenvalue weighted by molar-refractivity contribution is 0.395. The van der Waals surface area contributed by atoms with Crippen LogP contribution in [0.1, 0.15) is 17.5 Å². The zero-order chi connectivity index (χ0) is 22.7. The van der Waals surface area contributed by atoms with E-state index < -0.39 is 6.04 Å². The van der Waals surface area contributed by atoms with Crippen LogP contribution < -0.4 is 14.8 Å². The van der Waals surface area contributed by atoms with Crippen molar-refractivity contribution in [3.05, 3.63) is 88.0 Å². The Morgan fingerprint density at radius 2 is 1.62 bits per heavy atom. The van der Waals surface area contributed by atoms with Gasteiger partial charge in [0, 0.05) is 6.07 Å². The maximum Gasteiger partial charge on any atom is 0.249 e. The predicted molar refractivity (Wildman–Crippen MR) is 121 cm³/mol. The van der Waals surface area contributed by atoms with E-state index in [2.05, 4.69) is 15.5 Å². The summed E-state index contributed by atoms with van der Waals surface area (Å²) in [6.07, 6.45) is 0. The fourth-order valence-electron chi connectivity index (χ4n) is 3.17. The number of hydrogen-bond acceptors (Lipinski definition) is 6. The summed E-state index contributed by atoms with van der Waals surface area (Å²) in [4.78, 5) is 0. The molecule has 0 aliphatic heterocycles. The first-order valence-corrected chi connectivity index (χ1v) is 10.3. The van der Waals surface area contributed by atoms with Gasteiger partial charge in [0.1, 0.15) is 23.4 Å². The first-order valence-electron chi connectivity index (χ1n) is 9.52. The van der Waals surface area contributed by atoms with Gasteiger partial charge in [-0.05, 0) is 35.9 Å². The number of nitrogens with one attached hydrogen (secondary N) is 1. The van der Waals surface area contributed by atoms with Crippen LogP contribution in [0.25, 0.3) is 11.5 Å². The average molecular weight is 474 g/mol. The van der Waals surface area contributed by atoms with Crippen LogP contribution in [0.3, 0.4) is 0 Å². The molecule has 1 aromatic heterocycles. The molecule has 1 heterocycles. The number of rotatable bonds is 7. The van der Waals surface area contributed by atoms with Gasteiger partial charge in [-0.2, -0.15) is 0 Å². The van der Waals surface area contributed by atoms with Gasteiger partial charge in [-0.1, -0.05) is 47.5 Å². The summed E-state index contributed by atoms with van der Waals surface area (Å²) in [6, 6.07) is 15.8. The third kappa shape index (κ3) is 4.49. The smallest absolute Gasteiger partial charge is 0.249 e. The predicted octanol–water partition coefficient (Wildman–Crippen LogP) is 6.40. The summed E-state index contributed by atoms with van der Waals surface area (Å²) in [6.45, 7) is 0. The summed E-state index contributed by atoms with van der Waals surface area (Å²) in [5.41, 5.74) is 1.86. The zero-order valence-corrected chi connectivity index (χ0v) is 18.6. The van der Waals surface area contributed by atoms with Crippen molar-refractivity contribution in [2.45, 2.75) is 6.04 Å². The molecule has 1 atom stereocenters. The first-order chi connectivity index (χ1) is 15.5. The van der Waals surface area contributed by atoms with Crippen LogP contribution >= 0.6 is 23.2 Å². The fourth-order valence-corrected chi connectivity index (χ4v) is 3.62. The Labute approximate surface area is 193 Å². The Kier molecular flexibility index (Phi) is 6.48. The number of benzene rings is 3. The van der Waals surface area contributed by atoms with E-state index in [9.17, 15) is 4.39 Å². The Morgan fingerprint density at radius 3 is 2.31 bits per heavy atom. The SMILES string of the molecule is COc1cc(OC)c(NC(c2ccc(F)cc2)c2nnc(-c3ccccc3Cl)o2)cc1Cl. The molecule has 0 amide bonds. The van der Waals surface area contributed by atoms with Gasteiger partial charge in [0.2, 0.25) is 11.8 Å². The maximum atomic E-state index is 13.6. The number of ether oxygens (including phenoxy) is 2. The van der Waals surface area contributed by atoms with Crippen molar-refractivity contribution in [3.8, 4) is 23.0 Å². The van der Waals surface area contributed by atoms with E-state index in [0.717, 1.165) is 0 Å². The molecule has 6 nitrogen and oxygen atoms in total. The Bertz CT molecular complexity index is 1230. The molecule has 0 saturated carbocycles. The zero-order valence-electron chi connectivity index (χ0n) is 17.1. The van der Waals surface area contributed by atoms with Gasteiger partial charge >= 0.3 is 0 Å². The van der Waals surface area contributed by atoms with Crippen LogP contribution in [0.5, 0.6) is 11.5 Å². The normalized spacial score (nSPS) is 11.8. The molecule has 0 radical (unpaired) electrons. The van der Waals surface area contributed by atoms with Gasteiger partial charge in [0.15, 0.2) is 0 Å². The Balaban J connectivity index is 1.77. The number of methoxy groups -OCH3 is 2. The van der Waals surface area contributed by atoms with E-state index in [4.69, 9.17) is 37.1 Å². The third-order valence-electron chi connectivity index (χ3n) is 4.77. The molecule has 3 aromatic carbocycles. The maximum absolute atomic E-state index is 13.6. The number of hydrogen-bond donors (Lipinski definition) is 1. The van der Waals surface area contributed by atoms with Gasteiger partial charge in [0.25, 0.3) is 0 Å². The van der Waals surface area contributed by atoms with Crippen molar-refractivity contribution in [3.63, 3.8) is 0 Å². The molecule has 32 heavy (non-hydrogen) atoms. The number of aromatic nitrogens is 2. The second kappa shape index (κ2) is 9.46. The summed E-state index contributed by atoms with van der Waals surface area (Å²) < 4.78 is 30.3. The third-order valence-corrected chi connectivity index (χ3v) is 5.39. The van der Waals surface area contributed by atoms with Gasteiger partial charge in [0.05, 0.1) is 35.5 Å². The minimum atomic E-state index is -0.627. The quantitative estimate of drug-likeness (QED) is 0.334. The van der Waals surface area contributed by atoms with E-state index in [0.29, 0.717) is 38.4 Å². The molecule has 4 aromatic rings. The van der Waals surface area contributed by atoms with Crippen LogP contribution in [0, 0.1) is 5.82 Å². The van der Waals surface area contributed by atoms with Crippen LogP contribution in [-0.4, -0.2) is 24.4 Å². The van der Waals surface area contributed by atoms with Crippen LogP contribution in [0.15, 0.2) is 65.1 Å². The number of anilines is 1. The van der Waals surface area contributed by atoms with E-state index in [1.807, 2.05) is 12.1 Å². The van der Waals surface area contributed by atoms with Crippen molar-refractivity contribution in [2.75, 3.05) is 19.5 Å². The molecular formula is C23H18Cl2FN3O3. The van der Waals surface area contributed by atoms with Crippen LogP contribution in [-0.2, 0) is 0 Å². The molecule has 0 bridgehead atoms. The lowest BCUT2D eigenvalue weighted by Gasteiger charge is -2.20. The summed E-state index contributed by atoms with van der Waals surface area (Å²) >= 11 is 12.6. The van der Waals surface area contributed by atoms with Crippen molar-refractivity contribution in [1.82, 2.24) is 10.2 Å². The highest BCUT2D eigenvalue weighted by Gasteiger charge is 2.24. The molecule has 4 rings (SSSR count). The summed E-state index contributed by atoms with van der Waals surface area (Å²) in [5, 5.41) is 12.5. The van der Waals surface area contributed by atoms with Crippen molar-refractivity contribution in [2.24, 2.45) is 0 Å². The molecule has 0 aliphatic rings. The molecular weight excluding hydrogens is 456 g/mol. The highest BCUT2D eigenvalue weighted by Crippen LogP contribution is 2.39. The molecule has 1 N–H and O–H groups in total. The van der Waals surface area contributed by atoms with Crippen molar-refractivity contribution < 1.29 is 18.3 Å². The molecule has 164 valence electrons. The van der Waals surface area contributed by atoms with E-state index in [-0.39, 0.29) is 17.6 Å². The average Bonchev–Trinajstić information content (AvgIpc) is 3.28. The summed E-state index contributed by atoms with van der Waals surface area (Å²) in [7, 11) is 3.05. The summed E-state index contributed by atoms with van der Waals surface area (Å²) in [5.74, 6) is 1.11. The fraction of sp³-hybridized carbons (Fsp3) is 0.130. The second-order valence-corrected chi connectivity index (χ2v) is 7.56. The van der Waals surface area contributed by atoms with Crippen molar-refractivity contribution in [1.29, 1.82) is 0 Å². The molecule has 9 heteroatoms. The van der Waals surface area contributed by atoms with Gasteiger partial charge in [-0.25, -0.2) is 4.39 Å². The lowest BCUT2D eigenvalue weighted by atomic mass is 10.1. The minimum Gasteiger partial charge on any atom is -0.495 e. The minimum absolute atomic E-state index is 0.250. The second-order valence-electron chi connectivity index (χ2n) is 6.74. The van der Waals surface area contributed by atoms with Crippen LogP contribution in [0.2, 0.25) is 10.0 Å². The molecule has 0 fully saturated rings. The lowest BCUT2D eigenvalue weighted by Crippen LogP contribution is -2.14. The van der Waals surface area contributed by atoms with Crippen LogP contribution in [0.4, 0.5) is 10.1 Å². The standard InChI is InChI=1S/C23H18Cl2FN3O3/c1-30-19-12-20(31-2)18(11-17(19)25)27-21(13-7-9-14(26)10-8-13)23-29-28-22(32-23)15-5-3-4-6-16(15)24/h3-12,21,27H,1-2H3. The first kappa shape index (κ1) is 21.9. The highest BCUT2D eigenvalue weighted by atomic mass is 35.5. The number of nitrogens with zero attached hydrogens (tertiary/aromatic N) is 2. The monoisotopic (exact) mass is 473 g/mol. The molecule has 0 aliphatic carbocycles. The number of halogens is 3. The Morgan fingerprint density at radius 1 is 0.906 bits per heavy atom. The van der Waals surface area contributed by atoms with E-state index in [1.54, 1.807) is 36.4 Å². The Hall–Kier alpha value is -3.29. The van der Waals surface area contributed by atoms with Gasteiger partial charge < -0.3 is 19.2 Å². The van der Waals surface area contributed by atoms with Gasteiger partial charge in [-0.3, -0.25) is 0 Å². The molecule has 0 spiro atoms. The largest absolute Gasteiger partial charge is 0.495 e. The highest BCUT2D eigenvalue weighted by molar-refractivity contribution is 6.33. The topological polar surface area (TPSA) is 69.4 Å².